The molecule has 0 heterocycles. The summed E-state index contributed by atoms with van der Waals surface area (Å²) in [7, 11) is 1.30. The van der Waals surface area contributed by atoms with Crippen molar-refractivity contribution < 1.29 is 14.5 Å². The van der Waals surface area contributed by atoms with E-state index in [0.29, 0.717) is 11.4 Å². The van der Waals surface area contributed by atoms with Gasteiger partial charge in [-0.2, -0.15) is 5.10 Å². The highest BCUT2D eigenvalue weighted by Crippen LogP contribution is 2.15. The number of rotatable bonds is 5. The second-order valence-electron chi connectivity index (χ2n) is 3.52. The van der Waals surface area contributed by atoms with Crippen LogP contribution < -0.4 is 5.43 Å². The van der Waals surface area contributed by atoms with Crippen molar-refractivity contribution in [2.24, 2.45) is 5.10 Å². The quantitative estimate of drug-likeness (QED) is 0.373. The Labute approximate surface area is 104 Å². The highest BCUT2D eigenvalue weighted by molar-refractivity contribution is 5.97. The summed E-state index contributed by atoms with van der Waals surface area (Å²) < 4.78 is 4.49. The third-order valence-corrected chi connectivity index (χ3v) is 2.08. The van der Waals surface area contributed by atoms with E-state index in [9.17, 15) is 14.9 Å². The number of anilines is 1. The number of non-ortho nitro benzene ring substituents is 1. The van der Waals surface area contributed by atoms with Crippen LogP contribution in [-0.2, 0) is 9.53 Å². The minimum Gasteiger partial charge on any atom is -0.469 e. The van der Waals surface area contributed by atoms with Crippen molar-refractivity contribution in [3.63, 3.8) is 0 Å². The molecule has 0 atom stereocenters. The number of hydrogen-bond donors (Lipinski definition) is 1. The molecule has 0 bridgehead atoms. The number of hydrazone groups is 1. The monoisotopic (exact) mass is 251 g/mol. The first-order valence-electron chi connectivity index (χ1n) is 5.13. The van der Waals surface area contributed by atoms with Gasteiger partial charge in [0.15, 0.2) is 0 Å². The first-order chi connectivity index (χ1) is 8.52. The molecule has 0 unspecified atom stereocenters. The van der Waals surface area contributed by atoms with Gasteiger partial charge in [0.25, 0.3) is 5.69 Å². The number of methoxy groups -OCH3 is 1. The summed E-state index contributed by atoms with van der Waals surface area (Å²) in [5, 5.41) is 14.4. The van der Waals surface area contributed by atoms with E-state index in [0.717, 1.165) is 0 Å². The SMILES string of the molecule is COC(=O)CC(C)=NNc1ccc([N+](=O)[O-])cc1. The molecule has 96 valence electrons. The Morgan fingerprint density at radius 1 is 1.44 bits per heavy atom. The Kier molecular flexibility index (Phi) is 4.79. The Bertz CT molecular complexity index is 468. The van der Waals surface area contributed by atoms with Crippen molar-refractivity contribution >= 4 is 23.1 Å². The molecule has 0 aromatic heterocycles. The van der Waals surface area contributed by atoms with Crippen molar-refractivity contribution in [1.29, 1.82) is 0 Å². The second kappa shape index (κ2) is 6.33. The van der Waals surface area contributed by atoms with Crippen LogP contribution in [-0.4, -0.2) is 23.7 Å². The van der Waals surface area contributed by atoms with Crippen LogP contribution in [0, 0.1) is 10.1 Å². The zero-order valence-electron chi connectivity index (χ0n) is 10.0. The van der Waals surface area contributed by atoms with Gasteiger partial charge >= 0.3 is 5.97 Å². The molecule has 18 heavy (non-hydrogen) atoms. The zero-order valence-corrected chi connectivity index (χ0v) is 10.0. The number of nitrogens with one attached hydrogen (secondary N) is 1. The lowest BCUT2D eigenvalue weighted by atomic mass is 10.3. The number of benzene rings is 1. The fourth-order valence-corrected chi connectivity index (χ4v) is 1.14. The molecule has 0 radical (unpaired) electrons. The summed E-state index contributed by atoms with van der Waals surface area (Å²) in [5.41, 5.74) is 3.87. The topological polar surface area (TPSA) is 93.8 Å². The molecule has 1 N–H and O–H groups in total. The maximum atomic E-state index is 10.9. The number of ether oxygens (including phenoxy) is 1. The van der Waals surface area contributed by atoms with Crippen molar-refractivity contribution in [3.05, 3.63) is 34.4 Å². The van der Waals surface area contributed by atoms with Gasteiger partial charge in [-0.1, -0.05) is 0 Å². The third kappa shape index (κ3) is 4.20. The number of carbonyl (C=O) groups excluding carboxylic acids is 1. The lowest BCUT2D eigenvalue weighted by molar-refractivity contribution is -0.384. The Morgan fingerprint density at radius 2 is 2.06 bits per heavy atom. The molecular formula is C11H13N3O4. The standard InChI is InChI=1S/C11H13N3O4/c1-8(7-11(15)18-2)12-13-9-3-5-10(6-4-9)14(16)17/h3-6,13H,7H2,1-2H3. The molecule has 0 saturated carbocycles. The van der Waals surface area contributed by atoms with Crippen LogP contribution in [0.4, 0.5) is 11.4 Å². The first-order valence-corrected chi connectivity index (χ1v) is 5.13. The van der Waals surface area contributed by atoms with E-state index < -0.39 is 4.92 Å². The molecular weight excluding hydrogens is 238 g/mol. The number of esters is 1. The van der Waals surface area contributed by atoms with Crippen molar-refractivity contribution in [2.45, 2.75) is 13.3 Å². The van der Waals surface area contributed by atoms with E-state index in [-0.39, 0.29) is 18.1 Å². The number of carbonyl (C=O) groups is 1. The van der Waals surface area contributed by atoms with Gasteiger partial charge in [0.1, 0.15) is 0 Å². The van der Waals surface area contributed by atoms with Crippen molar-refractivity contribution in [1.82, 2.24) is 0 Å². The minimum absolute atomic E-state index is 0.0100. The largest absolute Gasteiger partial charge is 0.469 e. The van der Waals surface area contributed by atoms with E-state index in [2.05, 4.69) is 15.3 Å². The lowest BCUT2D eigenvalue weighted by Crippen LogP contribution is -2.07. The van der Waals surface area contributed by atoms with Crippen molar-refractivity contribution in [3.8, 4) is 0 Å². The molecule has 0 spiro atoms. The van der Waals surface area contributed by atoms with Gasteiger partial charge in [0.2, 0.25) is 0 Å². The van der Waals surface area contributed by atoms with Gasteiger partial charge in [-0.05, 0) is 19.1 Å². The fraction of sp³-hybridized carbons (Fsp3) is 0.273. The molecule has 1 aromatic carbocycles. The van der Waals surface area contributed by atoms with Crippen LogP contribution in [0.5, 0.6) is 0 Å². The van der Waals surface area contributed by atoms with E-state index in [1.807, 2.05) is 0 Å². The predicted molar refractivity (Wildman–Crippen MR) is 66.5 cm³/mol. The molecule has 0 saturated heterocycles. The number of nitro benzene ring substituents is 1. The van der Waals surface area contributed by atoms with Crippen LogP contribution in [0.25, 0.3) is 0 Å². The summed E-state index contributed by atoms with van der Waals surface area (Å²) in [6, 6.07) is 5.81. The van der Waals surface area contributed by atoms with Gasteiger partial charge in [0.05, 0.1) is 24.1 Å². The Hall–Kier alpha value is -2.44. The molecule has 0 aliphatic rings. The maximum absolute atomic E-state index is 10.9. The highest BCUT2D eigenvalue weighted by atomic mass is 16.6. The van der Waals surface area contributed by atoms with Gasteiger partial charge in [-0.25, -0.2) is 0 Å². The van der Waals surface area contributed by atoms with E-state index >= 15 is 0 Å². The lowest BCUT2D eigenvalue weighted by Gasteiger charge is -2.02. The summed E-state index contributed by atoms with van der Waals surface area (Å²) in [6.07, 6.45) is 0.0937. The average molecular weight is 251 g/mol. The maximum Gasteiger partial charge on any atom is 0.311 e. The molecule has 0 aliphatic carbocycles. The molecule has 7 heteroatoms. The van der Waals surface area contributed by atoms with Crippen molar-refractivity contribution in [2.75, 3.05) is 12.5 Å². The summed E-state index contributed by atoms with van der Waals surface area (Å²) in [4.78, 5) is 20.9. The number of nitrogens with zero attached hydrogens (tertiary/aromatic N) is 2. The van der Waals surface area contributed by atoms with E-state index in [1.54, 1.807) is 6.92 Å². The Morgan fingerprint density at radius 3 is 2.56 bits per heavy atom. The molecule has 0 fully saturated rings. The van der Waals surface area contributed by atoms with Crippen LogP contribution in [0.3, 0.4) is 0 Å². The average Bonchev–Trinajstić information content (AvgIpc) is 2.36. The predicted octanol–water partition coefficient (Wildman–Crippen LogP) is 1.95. The van der Waals surface area contributed by atoms with Crippen LogP contribution >= 0.6 is 0 Å². The van der Waals surface area contributed by atoms with Gasteiger partial charge in [0, 0.05) is 17.8 Å². The normalized spacial score (nSPS) is 10.9. The fourth-order valence-electron chi connectivity index (χ4n) is 1.14. The van der Waals surface area contributed by atoms with Crippen LogP contribution in [0.1, 0.15) is 13.3 Å². The Balaban J connectivity index is 2.60. The van der Waals surface area contributed by atoms with Gasteiger partial charge in [-0.3, -0.25) is 20.3 Å². The second-order valence-corrected chi connectivity index (χ2v) is 3.52. The third-order valence-electron chi connectivity index (χ3n) is 2.08. The summed E-state index contributed by atoms with van der Waals surface area (Å²) >= 11 is 0. The minimum atomic E-state index is -0.477. The summed E-state index contributed by atoms with van der Waals surface area (Å²) in [6.45, 7) is 1.68. The molecule has 0 amide bonds. The number of nitro groups is 1. The van der Waals surface area contributed by atoms with Crippen LogP contribution in [0.2, 0.25) is 0 Å². The molecule has 1 rings (SSSR count). The molecule has 0 aliphatic heterocycles. The van der Waals surface area contributed by atoms with Gasteiger partial charge < -0.3 is 4.74 Å². The van der Waals surface area contributed by atoms with E-state index in [4.69, 9.17) is 0 Å². The molecule has 1 aromatic rings. The molecule has 7 nitrogen and oxygen atoms in total. The zero-order chi connectivity index (χ0) is 13.5. The summed E-state index contributed by atoms with van der Waals surface area (Å²) in [5.74, 6) is -0.373. The van der Waals surface area contributed by atoms with Crippen LogP contribution in [0.15, 0.2) is 29.4 Å². The van der Waals surface area contributed by atoms with Gasteiger partial charge in [-0.15, -0.1) is 0 Å². The first kappa shape index (κ1) is 13.6. The highest BCUT2D eigenvalue weighted by Gasteiger charge is 2.04. The number of hydrogen-bond acceptors (Lipinski definition) is 6. The smallest absolute Gasteiger partial charge is 0.311 e. The van der Waals surface area contributed by atoms with E-state index in [1.165, 1.54) is 31.4 Å².